The number of unbranched alkanes of at least 4 members (excludes halogenated alkanes) is 2. The van der Waals surface area contributed by atoms with E-state index < -0.39 is 6.15 Å². The molecule has 0 bridgehead atoms. The van der Waals surface area contributed by atoms with Crippen molar-refractivity contribution in [2.24, 2.45) is 0 Å². The Morgan fingerprint density at radius 2 is 0.909 bits per heavy atom. The molecule has 0 aliphatic rings. The fourth-order valence-corrected chi connectivity index (χ4v) is 4.86. The van der Waals surface area contributed by atoms with Crippen molar-refractivity contribution in [2.75, 3.05) is 0 Å². The van der Waals surface area contributed by atoms with E-state index in [4.69, 9.17) is 0 Å². The van der Waals surface area contributed by atoms with Gasteiger partial charge in [-0.3, -0.25) is 0 Å². The van der Waals surface area contributed by atoms with Crippen molar-refractivity contribution in [3.8, 4) is 0 Å². The van der Waals surface area contributed by atoms with Gasteiger partial charge in [0.15, 0.2) is 12.4 Å². The topological polar surface area (TPSA) is 3.88 Å². The summed E-state index contributed by atoms with van der Waals surface area (Å²) in [6.45, 7) is 5.64. The van der Waals surface area contributed by atoms with E-state index in [2.05, 4.69) is 134 Å². The Labute approximate surface area is 201 Å². The molecule has 0 atom stereocenters. The molecular weight excluding hydrogens is 397 g/mol. The van der Waals surface area contributed by atoms with Gasteiger partial charge in [0, 0.05) is 18.6 Å². The van der Waals surface area contributed by atoms with Crippen molar-refractivity contribution in [2.45, 2.75) is 52.4 Å². The quantitative estimate of drug-likeness (QED) is 0.234. The van der Waals surface area contributed by atoms with E-state index in [1.165, 1.54) is 48.4 Å². The van der Waals surface area contributed by atoms with E-state index >= 15 is 0 Å². The van der Waals surface area contributed by atoms with Gasteiger partial charge >= 0.3 is 0 Å². The van der Waals surface area contributed by atoms with Gasteiger partial charge in [-0.15, -0.1) is 0 Å². The van der Waals surface area contributed by atoms with E-state index in [0.29, 0.717) is 0 Å². The molecule has 1 heterocycles. The van der Waals surface area contributed by atoms with Gasteiger partial charge in [-0.25, -0.2) is 4.57 Å². The molecule has 4 rings (SSSR count). The van der Waals surface area contributed by atoms with Crippen molar-refractivity contribution >= 4 is 22.5 Å². The molecule has 0 aliphatic heterocycles. The molecule has 4 aromatic rings. The molecule has 0 spiro atoms. The summed E-state index contributed by atoms with van der Waals surface area (Å²) in [6, 6.07) is 39.3. The molecule has 0 fully saturated rings. The van der Waals surface area contributed by atoms with Crippen molar-refractivity contribution in [1.82, 2.24) is 0 Å². The molecule has 33 heavy (non-hydrogen) atoms. The van der Waals surface area contributed by atoms with Crippen LogP contribution in [-0.4, -0.2) is 6.15 Å². The zero-order valence-electron chi connectivity index (χ0n) is 20.3. The van der Waals surface area contributed by atoms with Gasteiger partial charge in [-0.1, -0.05) is 130 Å². The van der Waals surface area contributed by atoms with E-state index in [1.807, 2.05) is 6.07 Å². The van der Waals surface area contributed by atoms with Crippen LogP contribution < -0.4 is 21.0 Å². The van der Waals surface area contributed by atoms with Gasteiger partial charge in [0.1, 0.15) is 6.54 Å². The zero-order valence-corrected chi connectivity index (χ0v) is 20.3. The Kier molecular flexibility index (Phi) is 9.98. The summed E-state index contributed by atoms with van der Waals surface area (Å²) < 4.78 is 2.21. The molecule has 0 unspecified atom stereocenters. The second-order valence-corrected chi connectivity index (χ2v) is 8.89. The second-order valence-electron chi connectivity index (χ2n) is 8.89. The number of rotatable bonds is 9. The Bertz CT molecular complexity index is 921. The lowest BCUT2D eigenvalue weighted by Crippen LogP contribution is -2.66. The van der Waals surface area contributed by atoms with E-state index in [-0.39, 0.29) is 0 Å². The van der Waals surface area contributed by atoms with Crippen LogP contribution in [0, 0.1) is 0 Å². The number of aromatic nitrogens is 1. The minimum Gasteiger partial charge on any atom is -0.205 e. The summed E-state index contributed by atoms with van der Waals surface area (Å²) in [4.78, 5) is 0. The van der Waals surface area contributed by atoms with Gasteiger partial charge < -0.3 is 0 Å². The molecule has 0 amide bonds. The molecule has 0 N–H and O–H groups in total. The smallest absolute Gasteiger partial charge is 0.168 e. The van der Waals surface area contributed by atoms with Crippen molar-refractivity contribution in [3.05, 3.63) is 122 Å². The molecule has 2 heteroatoms. The van der Waals surface area contributed by atoms with Crippen LogP contribution in [-0.2, 0) is 6.54 Å². The van der Waals surface area contributed by atoms with Crippen molar-refractivity contribution in [1.29, 1.82) is 0 Å². The van der Waals surface area contributed by atoms with Crippen LogP contribution in [0.1, 0.15) is 39.5 Å². The second kappa shape index (κ2) is 13.4. The minimum absolute atomic E-state index is 0.913. The number of nitrogens with zero attached hydrogens (tertiary/aromatic N) is 1. The molecule has 0 radical (unpaired) electrons. The van der Waals surface area contributed by atoms with Crippen molar-refractivity contribution in [3.63, 3.8) is 0 Å². The first-order chi connectivity index (χ1) is 16.3. The summed E-state index contributed by atoms with van der Waals surface area (Å²) in [5.74, 6) is 0. The van der Waals surface area contributed by atoms with Gasteiger partial charge in [-0.2, -0.15) is 22.7 Å². The first-order valence-electron chi connectivity index (χ1n) is 12.6. The van der Waals surface area contributed by atoms with Crippen LogP contribution in [0.5, 0.6) is 0 Å². The van der Waals surface area contributed by atoms with E-state index in [9.17, 15) is 0 Å². The maximum Gasteiger partial charge on any atom is 0.168 e. The van der Waals surface area contributed by atoms with E-state index in [1.54, 1.807) is 0 Å². The summed E-state index contributed by atoms with van der Waals surface area (Å²) >= 11 is 0. The summed E-state index contributed by atoms with van der Waals surface area (Å²) in [7, 11) is 0. The highest BCUT2D eigenvalue weighted by Crippen LogP contribution is 2.16. The Morgan fingerprint density at radius 3 is 1.30 bits per heavy atom. The zero-order chi connectivity index (χ0) is 23.2. The highest BCUT2D eigenvalue weighted by atomic mass is 14.9. The highest BCUT2D eigenvalue weighted by molar-refractivity contribution is 7.11. The fraction of sp³-hybridized carbons (Fsp3) is 0.258. The van der Waals surface area contributed by atoms with Crippen LogP contribution in [0.15, 0.2) is 122 Å². The molecule has 0 saturated heterocycles. The Hall–Kier alpha value is -3.13. The minimum atomic E-state index is -0.913. The lowest BCUT2D eigenvalue weighted by molar-refractivity contribution is -0.697. The fourth-order valence-electron chi connectivity index (χ4n) is 4.86. The van der Waals surface area contributed by atoms with Crippen LogP contribution in [0.25, 0.3) is 0 Å². The lowest BCUT2D eigenvalue weighted by atomic mass is 9.14. The molecule has 3 aromatic carbocycles. The number of hydrogen-bond donors (Lipinski definition) is 0. The Balaban J connectivity index is 0.000000257. The van der Waals surface area contributed by atoms with Gasteiger partial charge in [-0.05, 0) is 0 Å². The molecule has 0 saturated carbocycles. The molecular formula is C31H38BN. The number of benzene rings is 3. The predicted molar refractivity (Wildman–Crippen MR) is 145 cm³/mol. The van der Waals surface area contributed by atoms with E-state index in [0.717, 1.165) is 6.54 Å². The Morgan fingerprint density at radius 1 is 0.515 bits per heavy atom. The lowest BCUT2D eigenvalue weighted by Gasteiger charge is -2.43. The molecule has 1 nitrogen and oxygen atoms in total. The molecule has 0 aliphatic carbocycles. The summed E-state index contributed by atoms with van der Waals surface area (Å²) in [6.07, 6.45) is 9.48. The van der Waals surface area contributed by atoms with Crippen LogP contribution in [0.3, 0.4) is 0 Å². The first-order valence-corrected chi connectivity index (χ1v) is 12.6. The monoisotopic (exact) mass is 435 g/mol. The average molecular weight is 435 g/mol. The normalized spacial score (nSPS) is 10.8. The maximum atomic E-state index is 2.30. The molecule has 1 aromatic heterocycles. The standard InChI is InChI=1S/C22H24B.C9H14N/c1-2-3-19-23(20-13-7-4-8-14-20,21-15-9-5-10-16-21)22-17-11-6-12-18-22;1-2-3-7-10-8-5-4-6-9-10/h4-18H,2-3,19H2,1H3;4-6,8-9H,2-3,7H2,1H3/q-1;+1. The third-order valence-corrected chi connectivity index (χ3v) is 6.64. The third kappa shape index (κ3) is 6.68. The van der Waals surface area contributed by atoms with Gasteiger partial charge in [0.25, 0.3) is 0 Å². The highest BCUT2D eigenvalue weighted by Gasteiger charge is 2.28. The first kappa shape index (κ1) is 24.5. The van der Waals surface area contributed by atoms with Crippen LogP contribution >= 0.6 is 0 Å². The van der Waals surface area contributed by atoms with Gasteiger partial charge in [0.05, 0.1) is 6.15 Å². The molecule has 170 valence electrons. The number of pyridine rings is 1. The van der Waals surface area contributed by atoms with Crippen LogP contribution in [0.2, 0.25) is 6.32 Å². The SMILES string of the molecule is CCCC[B-](c1ccccc1)(c1ccccc1)c1ccccc1.CCCC[n+]1ccccc1. The number of aryl methyl sites for hydroxylation is 1. The largest absolute Gasteiger partial charge is 0.205 e. The average Bonchev–Trinajstić information content (AvgIpc) is 2.91. The maximum absolute atomic E-state index is 2.30. The summed E-state index contributed by atoms with van der Waals surface area (Å²) in [5, 5.41) is 0. The van der Waals surface area contributed by atoms with Gasteiger partial charge in [0.2, 0.25) is 0 Å². The third-order valence-electron chi connectivity index (χ3n) is 6.64. The van der Waals surface area contributed by atoms with Crippen molar-refractivity contribution < 1.29 is 4.57 Å². The predicted octanol–water partition coefficient (Wildman–Crippen LogP) is 5.73. The summed E-state index contributed by atoms with van der Waals surface area (Å²) in [5.41, 5.74) is 4.33. The van der Waals surface area contributed by atoms with Crippen LogP contribution in [0.4, 0.5) is 0 Å². The number of hydrogen-bond acceptors (Lipinski definition) is 0.